The van der Waals surface area contributed by atoms with E-state index < -0.39 is 10.0 Å². The van der Waals surface area contributed by atoms with Gasteiger partial charge in [0.15, 0.2) is 5.82 Å². The zero-order valence-corrected chi connectivity index (χ0v) is 12.9. The maximum atomic E-state index is 11.4. The molecule has 0 aliphatic rings. The van der Waals surface area contributed by atoms with E-state index in [0.717, 1.165) is 14.2 Å². The zero-order valence-electron chi connectivity index (χ0n) is 9.71. The largest absolute Gasteiger partial charge is 0.296 e. The van der Waals surface area contributed by atoms with Crippen molar-refractivity contribution in [3.8, 4) is 10.7 Å². The summed E-state index contributed by atoms with van der Waals surface area (Å²) >= 11 is 4.90. The van der Waals surface area contributed by atoms with Gasteiger partial charge in [-0.15, -0.1) is 21.5 Å². The number of halogens is 1. The second-order valence-corrected chi connectivity index (χ2v) is 7.49. The van der Waals surface area contributed by atoms with Gasteiger partial charge >= 0.3 is 0 Å². The minimum atomic E-state index is -3.85. The zero-order chi connectivity index (χ0) is 13.5. The third-order valence-corrected chi connectivity index (χ3v) is 5.31. The first-order valence-corrected chi connectivity index (χ1v) is 8.22. The van der Waals surface area contributed by atoms with Crippen molar-refractivity contribution in [3.63, 3.8) is 0 Å². The van der Waals surface area contributed by atoms with Crippen molar-refractivity contribution in [2.24, 2.45) is 5.14 Å². The van der Waals surface area contributed by atoms with Gasteiger partial charge in [0.05, 0.1) is 8.66 Å². The first-order chi connectivity index (χ1) is 8.34. The van der Waals surface area contributed by atoms with Crippen LogP contribution in [-0.4, -0.2) is 23.2 Å². The molecular formula is C9H11BrN4O2S2. The normalized spacial score (nSPS) is 12.0. The molecule has 2 heterocycles. The van der Waals surface area contributed by atoms with E-state index >= 15 is 0 Å². The topological polar surface area (TPSA) is 90.9 Å². The number of nitrogens with two attached hydrogens (primary N) is 1. The maximum absolute atomic E-state index is 11.4. The van der Waals surface area contributed by atoms with E-state index in [2.05, 4.69) is 26.1 Å². The van der Waals surface area contributed by atoms with Gasteiger partial charge in [-0.05, 0) is 41.4 Å². The molecule has 0 radical (unpaired) electrons. The number of hydrogen-bond donors (Lipinski definition) is 1. The lowest BCUT2D eigenvalue weighted by atomic mass is 10.3. The molecule has 0 aromatic carbocycles. The lowest BCUT2D eigenvalue weighted by molar-refractivity contribution is 0.571. The second kappa shape index (κ2) is 4.72. The summed E-state index contributed by atoms with van der Waals surface area (Å²) < 4.78 is 25.2. The molecule has 0 aliphatic heterocycles. The monoisotopic (exact) mass is 350 g/mol. The third kappa shape index (κ3) is 2.35. The Labute approximate surface area is 117 Å². The molecule has 98 valence electrons. The van der Waals surface area contributed by atoms with E-state index in [-0.39, 0.29) is 5.16 Å². The molecular weight excluding hydrogens is 340 g/mol. The number of aryl methyl sites for hydroxylation is 1. The first kappa shape index (κ1) is 13.7. The predicted octanol–water partition coefficient (Wildman–Crippen LogP) is 1.74. The van der Waals surface area contributed by atoms with Crippen molar-refractivity contribution in [1.29, 1.82) is 0 Å². The van der Waals surface area contributed by atoms with Crippen LogP contribution in [-0.2, 0) is 16.6 Å². The Morgan fingerprint density at radius 2 is 2.17 bits per heavy atom. The summed E-state index contributed by atoms with van der Waals surface area (Å²) in [7, 11) is -3.85. The number of sulfonamides is 1. The van der Waals surface area contributed by atoms with Crippen LogP contribution >= 0.6 is 27.3 Å². The van der Waals surface area contributed by atoms with Crippen LogP contribution in [0.3, 0.4) is 0 Å². The van der Waals surface area contributed by atoms with E-state index in [1.165, 1.54) is 15.9 Å². The summed E-state index contributed by atoms with van der Waals surface area (Å²) in [5, 5.41) is 12.5. The van der Waals surface area contributed by atoms with Crippen LogP contribution in [0.15, 0.2) is 15.0 Å². The molecule has 0 aliphatic carbocycles. The molecule has 2 aromatic rings. The van der Waals surface area contributed by atoms with E-state index in [9.17, 15) is 8.42 Å². The lowest BCUT2D eigenvalue weighted by Crippen LogP contribution is -2.18. The highest BCUT2D eigenvalue weighted by Gasteiger charge is 2.22. The first-order valence-electron chi connectivity index (χ1n) is 5.07. The molecule has 0 fully saturated rings. The smallest absolute Gasteiger partial charge is 0.273 e. The highest BCUT2D eigenvalue weighted by molar-refractivity contribution is 9.11. The van der Waals surface area contributed by atoms with Crippen LogP contribution in [0.1, 0.15) is 12.5 Å². The van der Waals surface area contributed by atoms with Crippen molar-refractivity contribution in [1.82, 2.24) is 14.8 Å². The molecule has 0 saturated carbocycles. The standard InChI is InChI=1S/C9H11BrN4O2S2/c1-3-14-8(6-4-5(2)7(10)17-6)12-13-9(14)18(11,15)16/h4H,3H2,1-2H3,(H2,11,15,16). The summed E-state index contributed by atoms with van der Waals surface area (Å²) in [4.78, 5) is 0.851. The summed E-state index contributed by atoms with van der Waals surface area (Å²) in [5.41, 5.74) is 1.07. The maximum Gasteiger partial charge on any atom is 0.273 e. The molecule has 0 saturated heterocycles. The van der Waals surface area contributed by atoms with Crippen LogP contribution in [0.25, 0.3) is 10.7 Å². The van der Waals surface area contributed by atoms with Gasteiger partial charge in [-0.25, -0.2) is 13.6 Å². The second-order valence-electron chi connectivity index (χ2n) is 3.66. The molecule has 0 bridgehead atoms. The Hall–Kier alpha value is -0.770. The summed E-state index contributed by atoms with van der Waals surface area (Å²) in [5.74, 6) is 0.514. The molecule has 0 atom stereocenters. The Balaban J connectivity index is 2.63. The van der Waals surface area contributed by atoms with Gasteiger partial charge in [-0.3, -0.25) is 4.57 Å². The lowest BCUT2D eigenvalue weighted by Gasteiger charge is -2.03. The Morgan fingerprint density at radius 1 is 1.50 bits per heavy atom. The fourth-order valence-electron chi connectivity index (χ4n) is 1.54. The number of rotatable bonds is 3. The quantitative estimate of drug-likeness (QED) is 0.912. The van der Waals surface area contributed by atoms with Crippen LogP contribution < -0.4 is 5.14 Å². The predicted molar refractivity (Wildman–Crippen MR) is 72.8 cm³/mol. The number of primary sulfonamides is 1. The van der Waals surface area contributed by atoms with E-state index in [1.54, 1.807) is 0 Å². The molecule has 0 amide bonds. The number of thiophene rings is 1. The number of aromatic nitrogens is 3. The minimum Gasteiger partial charge on any atom is -0.296 e. The molecule has 6 nitrogen and oxygen atoms in total. The van der Waals surface area contributed by atoms with Crippen molar-refractivity contribution < 1.29 is 8.42 Å². The molecule has 18 heavy (non-hydrogen) atoms. The average Bonchev–Trinajstić information content (AvgIpc) is 2.82. The van der Waals surface area contributed by atoms with Gasteiger partial charge in [0, 0.05) is 6.54 Å². The van der Waals surface area contributed by atoms with Gasteiger partial charge in [-0.2, -0.15) is 0 Å². The van der Waals surface area contributed by atoms with Gasteiger partial charge in [0.1, 0.15) is 0 Å². The van der Waals surface area contributed by atoms with Gasteiger partial charge in [0.25, 0.3) is 15.2 Å². The number of hydrogen-bond acceptors (Lipinski definition) is 5. The summed E-state index contributed by atoms with van der Waals surface area (Å²) in [6.07, 6.45) is 0. The minimum absolute atomic E-state index is 0.206. The Bertz CT molecular complexity index is 670. The van der Waals surface area contributed by atoms with Crippen molar-refractivity contribution in [2.75, 3.05) is 0 Å². The van der Waals surface area contributed by atoms with Gasteiger partial charge in [0.2, 0.25) is 0 Å². The van der Waals surface area contributed by atoms with Crippen LogP contribution in [0.4, 0.5) is 0 Å². The van der Waals surface area contributed by atoms with Crippen LogP contribution in [0.2, 0.25) is 0 Å². The molecule has 0 unspecified atom stereocenters. The van der Waals surface area contributed by atoms with Crippen molar-refractivity contribution in [2.45, 2.75) is 25.5 Å². The fourth-order valence-corrected chi connectivity index (χ4v) is 3.74. The van der Waals surface area contributed by atoms with Gasteiger partial charge < -0.3 is 0 Å². The van der Waals surface area contributed by atoms with Crippen molar-refractivity contribution >= 4 is 37.3 Å². The Morgan fingerprint density at radius 3 is 2.61 bits per heavy atom. The SMILES string of the molecule is CCn1c(-c2cc(C)c(Br)s2)nnc1S(N)(=O)=O. The molecule has 2 N–H and O–H groups in total. The molecule has 2 rings (SSSR count). The van der Waals surface area contributed by atoms with Crippen LogP contribution in [0.5, 0.6) is 0 Å². The van der Waals surface area contributed by atoms with Crippen LogP contribution in [0, 0.1) is 6.92 Å². The fraction of sp³-hybridized carbons (Fsp3) is 0.333. The summed E-state index contributed by atoms with van der Waals surface area (Å²) in [6, 6.07) is 1.93. The van der Waals surface area contributed by atoms with E-state index in [1.807, 2.05) is 19.9 Å². The summed E-state index contributed by atoms with van der Waals surface area (Å²) in [6.45, 7) is 4.21. The van der Waals surface area contributed by atoms with Crippen molar-refractivity contribution in [3.05, 3.63) is 15.4 Å². The van der Waals surface area contributed by atoms with Gasteiger partial charge in [-0.1, -0.05) is 0 Å². The molecule has 9 heteroatoms. The highest BCUT2D eigenvalue weighted by atomic mass is 79.9. The molecule has 2 aromatic heterocycles. The highest BCUT2D eigenvalue weighted by Crippen LogP contribution is 2.34. The average molecular weight is 351 g/mol. The van der Waals surface area contributed by atoms with E-state index in [4.69, 9.17) is 5.14 Å². The Kier molecular flexibility index (Phi) is 3.58. The number of nitrogens with zero attached hydrogens (tertiary/aromatic N) is 3. The van der Waals surface area contributed by atoms with E-state index in [0.29, 0.717) is 12.4 Å². The molecule has 0 spiro atoms. The third-order valence-electron chi connectivity index (χ3n) is 2.37.